The van der Waals surface area contributed by atoms with Crippen LogP contribution >= 0.6 is 0 Å². The summed E-state index contributed by atoms with van der Waals surface area (Å²) < 4.78 is 26.7. The highest BCUT2D eigenvalue weighted by atomic mass is 32.2. The van der Waals surface area contributed by atoms with Crippen molar-refractivity contribution in [2.45, 2.75) is 5.75 Å². The summed E-state index contributed by atoms with van der Waals surface area (Å²) in [6.07, 6.45) is 5.28. The second-order valence-electron chi connectivity index (χ2n) is 4.29. The van der Waals surface area contributed by atoms with Crippen LogP contribution in [0.15, 0.2) is 48.5 Å². The molecule has 0 spiro atoms. The van der Waals surface area contributed by atoms with Crippen molar-refractivity contribution in [1.29, 1.82) is 0 Å². The first-order valence-electron chi connectivity index (χ1n) is 5.91. The molecule has 2 rings (SSSR count). The Hall–Kier alpha value is -2.45. The van der Waals surface area contributed by atoms with E-state index in [2.05, 4.69) is 10.6 Å². The van der Waals surface area contributed by atoms with Crippen LogP contribution in [0.3, 0.4) is 0 Å². The number of para-hydroxylation sites is 1. The van der Waals surface area contributed by atoms with Crippen LogP contribution in [0.1, 0.15) is 11.1 Å². The van der Waals surface area contributed by atoms with E-state index >= 15 is 0 Å². The number of nitrogen functional groups attached to an aromatic ring is 1. The summed E-state index contributed by atoms with van der Waals surface area (Å²) in [7, 11) is -3.53. The Morgan fingerprint density at radius 2 is 1.90 bits per heavy atom. The molecule has 0 unspecified atom stereocenters. The number of benzene rings is 2. The van der Waals surface area contributed by atoms with Crippen molar-refractivity contribution in [3.63, 3.8) is 0 Å². The second kappa shape index (κ2) is 5.68. The van der Waals surface area contributed by atoms with Crippen LogP contribution in [-0.2, 0) is 15.8 Å². The molecule has 0 heterocycles. The molecule has 20 heavy (non-hydrogen) atoms. The summed E-state index contributed by atoms with van der Waals surface area (Å²) in [5, 5.41) is 0. The largest absolute Gasteiger partial charge is 0.398 e. The van der Waals surface area contributed by atoms with Crippen LogP contribution < -0.4 is 10.5 Å². The van der Waals surface area contributed by atoms with Gasteiger partial charge in [-0.2, -0.15) is 0 Å². The summed E-state index contributed by atoms with van der Waals surface area (Å²) >= 11 is 0. The lowest BCUT2D eigenvalue weighted by atomic mass is 10.2. The van der Waals surface area contributed by atoms with E-state index in [4.69, 9.17) is 12.2 Å². The van der Waals surface area contributed by atoms with Gasteiger partial charge in [0.05, 0.1) is 5.75 Å². The normalized spacial score (nSPS) is 10.8. The Bertz CT molecular complexity index is 761. The van der Waals surface area contributed by atoms with Gasteiger partial charge in [-0.05, 0) is 29.8 Å². The summed E-state index contributed by atoms with van der Waals surface area (Å²) in [5.74, 6) is 2.28. The molecule has 0 radical (unpaired) electrons. The minimum atomic E-state index is -3.53. The number of terminal acetylenes is 1. The zero-order valence-electron chi connectivity index (χ0n) is 10.7. The fourth-order valence-electron chi connectivity index (χ4n) is 1.76. The number of rotatable bonds is 4. The fourth-order valence-corrected chi connectivity index (χ4v) is 2.99. The van der Waals surface area contributed by atoms with E-state index < -0.39 is 10.0 Å². The van der Waals surface area contributed by atoms with Gasteiger partial charge in [0.2, 0.25) is 10.0 Å². The van der Waals surface area contributed by atoms with Gasteiger partial charge in [-0.3, -0.25) is 4.72 Å². The molecular weight excluding hydrogens is 272 g/mol. The van der Waals surface area contributed by atoms with Crippen LogP contribution in [0.4, 0.5) is 11.4 Å². The number of sulfonamides is 1. The molecule has 4 nitrogen and oxygen atoms in total. The molecule has 2 aromatic carbocycles. The van der Waals surface area contributed by atoms with Crippen LogP contribution in [0.25, 0.3) is 0 Å². The quantitative estimate of drug-likeness (QED) is 0.668. The average molecular weight is 286 g/mol. The molecule has 2 aromatic rings. The van der Waals surface area contributed by atoms with E-state index in [1.807, 2.05) is 0 Å². The molecule has 0 aliphatic rings. The SMILES string of the molecule is C#Cc1cccc(NS(=O)(=O)Cc2ccccc2N)c1. The molecule has 0 saturated heterocycles. The van der Waals surface area contributed by atoms with E-state index in [1.54, 1.807) is 48.5 Å². The van der Waals surface area contributed by atoms with Gasteiger partial charge in [0.1, 0.15) is 0 Å². The average Bonchev–Trinajstić information content (AvgIpc) is 2.41. The summed E-state index contributed by atoms with van der Waals surface area (Å²) in [6, 6.07) is 13.5. The number of hydrogen-bond donors (Lipinski definition) is 2. The lowest BCUT2D eigenvalue weighted by Crippen LogP contribution is -2.16. The van der Waals surface area contributed by atoms with Crippen LogP contribution in [0.5, 0.6) is 0 Å². The maximum Gasteiger partial charge on any atom is 0.236 e. The van der Waals surface area contributed by atoms with Crippen molar-refractivity contribution < 1.29 is 8.42 Å². The molecule has 5 heteroatoms. The molecule has 0 saturated carbocycles. The molecule has 3 N–H and O–H groups in total. The lowest BCUT2D eigenvalue weighted by molar-refractivity contribution is 0.600. The van der Waals surface area contributed by atoms with Gasteiger partial charge in [-0.25, -0.2) is 8.42 Å². The van der Waals surface area contributed by atoms with Gasteiger partial charge < -0.3 is 5.73 Å². The van der Waals surface area contributed by atoms with Crippen LogP contribution in [0.2, 0.25) is 0 Å². The van der Waals surface area contributed by atoms with Crippen LogP contribution in [0, 0.1) is 12.3 Å². The van der Waals surface area contributed by atoms with E-state index in [9.17, 15) is 8.42 Å². The fraction of sp³-hybridized carbons (Fsp3) is 0.0667. The first-order chi connectivity index (χ1) is 9.50. The molecule has 0 amide bonds. The monoisotopic (exact) mass is 286 g/mol. The third-order valence-electron chi connectivity index (χ3n) is 2.70. The third-order valence-corrected chi connectivity index (χ3v) is 3.94. The molecule has 0 aliphatic carbocycles. The van der Waals surface area contributed by atoms with Gasteiger partial charge in [0, 0.05) is 16.9 Å². The number of hydrogen-bond acceptors (Lipinski definition) is 3. The highest BCUT2D eigenvalue weighted by molar-refractivity contribution is 7.91. The smallest absolute Gasteiger partial charge is 0.236 e. The molecule has 102 valence electrons. The number of nitrogens with one attached hydrogen (secondary N) is 1. The zero-order valence-corrected chi connectivity index (χ0v) is 11.5. The molecule has 0 aliphatic heterocycles. The maximum absolute atomic E-state index is 12.1. The standard InChI is InChI=1S/C15H14N2O2S/c1-2-12-6-5-8-14(10-12)17-20(18,19)11-13-7-3-4-9-15(13)16/h1,3-10,17H,11,16H2. The van der Waals surface area contributed by atoms with Gasteiger partial charge in [0.25, 0.3) is 0 Å². The Morgan fingerprint density at radius 1 is 1.15 bits per heavy atom. The highest BCUT2D eigenvalue weighted by Gasteiger charge is 2.13. The van der Waals surface area contributed by atoms with E-state index in [0.29, 0.717) is 22.5 Å². The predicted octanol–water partition coefficient (Wildman–Crippen LogP) is 2.19. The number of anilines is 2. The van der Waals surface area contributed by atoms with Crippen molar-refractivity contribution in [1.82, 2.24) is 0 Å². The molecule has 0 bridgehead atoms. The Balaban J connectivity index is 2.20. The lowest BCUT2D eigenvalue weighted by Gasteiger charge is -2.10. The Labute approximate surface area is 118 Å². The van der Waals surface area contributed by atoms with Gasteiger partial charge in [-0.15, -0.1) is 6.42 Å². The molecule has 0 fully saturated rings. The topological polar surface area (TPSA) is 72.2 Å². The predicted molar refractivity (Wildman–Crippen MR) is 81.5 cm³/mol. The summed E-state index contributed by atoms with van der Waals surface area (Å²) in [4.78, 5) is 0. The minimum absolute atomic E-state index is 0.181. The first-order valence-corrected chi connectivity index (χ1v) is 7.56. The Kier molecular flexibility index (Phi) is 3.97. The van der Waals surface area contributed by atoms with E-state index in [1.165, 1.54) is 0 Å². The van der Waals surface area contributed by atoms with E-state index in [0.717, 1.165) is 0 Å². The van der Waals surface area contributed by atoms with Crippen molar-refractivity contribution in [3.8, 4) is 12.3 Å². The summed E-state index contributed by atoms with van der Waals surface area (Å²) in [6.45, 7) is 0. The second-order valence-corrected chi connectivity index (χ2v) is 6.01. The summed E-state index contributed by atoms with van der Waals surface area (Å²) in [5.41, 5.74) is 7.82. The highest BCUT2D eigenvalue weighted by Crippen LogP contribution is 2.17. The van der Waals surface area contributed by atoms with Gasteiger partial charge in [0.15, 0.2) is 0 Å². The van der Waals surface area contributed by atoms with Gasteiger partial charge >= 0.3 is 0 Å². The van der Waals surface area contributed by atoms with Gasteiger partial charge in [-0.1, -0.05) is 30.2 Å². The minimum Gasteiger partial charge on any atom is -0.398 e. The van der Waals surface area contributed by atoms with E-state index in [-0.39, 0.29) is 5.75 Å². The maximum atomic E-state index is 12.1. The third kappa shape index (κ3) is 3.53. The van der Waals surface area contributed by atoms with Crippen molar-refractivity contribution in [2.24, 2.45) is 0 Å². The van der Waals surface area contributed by atoms with Crippen molar-refractivity contribution >= 4 is 21.4 Å². The van der Waals surface area contributed by atoms with Crippen molar-refractivity contribution in [2.75, 3.05) is 10.5 Å². The zero-order chi connectivity index (χ0) is 14.6. The molecule has 0 aromatic heterocycles. The van der Waals surface area contributed by atoms with Crippen LogP contribution in [-0.4, -0.2) is 8.42 Å². The van der Waals surface area contributed by atoms with Crippen molar-refractivity contribution in [3.05, 3.63) is 59.7 Å². The molecular formula is C15H14N2O2S. The Morgan fingerprint density at radius 3 is 2.60 bits per heavy atom. The molecule has 0 atom stereocenters. The number of nitrogens with two attached hydrogens (primary N) is 1. The first kappa shape index (κ1) is 14.0.